The van der Waals surface area contributed by atoms with Crippen molar-refractivity contribution in [3.05, 3.63) is 27.9 Å². The first-order chi connectivity index (χ1) is 8.82. The first kappa shape index (κ1) is 14.9. The van der Waals surface area contributed by atoms with Gasteiger partial charge < -0.3 is 10.0 Å². The number of carboxylic acids is 1. The number of carboxylic acid groups (broad SMARTS) is 1. The second kappa shape index (κ2) is 6.12. The molecule has 19 heavy (non-hydrogen) atoms. The molecule has 0 fully saturated rings. The largest absolute Gasteiger partial charge is 0.481 e. The van der Waals surface area contributed by atoms with Crippen molar-refractivity contribution in [2.45, 2.75) is 33.2 Å². The third kappa shape index (κ3) is 3.90. The van der Waals surface area contributed by atoms with Gasteiger partial charge in [-0.15, -0.1) is 0 Å². The van der Waals surface area contributed by atoms with Crippen LogP contribution in [0.5, 0.6) is 0 Å². The number of aliphatic carboxylic acids is 1. The molecule has 0 aliphatic carbocycles. The first-order valence-corrected chi connectivity index (χ1v) is 5.92. The van der Waals surface area contributed by atoms with E-state index < -0.39 is 10.9 Å². The average molecular weight is 267 g/mol. The molecule has 0 aliphatic heterocycles. The normalized spacial score (nSPS) is 10.5. The lowest BCUT2D eigenvalue weighted by molar-refractivity contribution is -0.385. The summed E-state index contributed by atoms with van der Waals surface area (Å²) in [7, 11) is 0. The summed E-state index contributed by atoms with van der Waals surface area (Å²) in [5, 5.41) is 19.4. The Kier molecular flexibility index (Phi) is 4.80. The molecule has 0 amide bonds. The standard InChI is InChI=1S/C12H17N3O4/c1-8(2)14(5-4-11(16)17)12-9(3)6-10(7-13-12)15(18)19/h6-8H,4-5H2,1-3H3,(H,16,17). The number of rotatable bonds is 6. The SMILES string of the molecule is Cc1cc([N+](=O)[O-])cnc1N(CCC(=O)O)C(C)C. The lowest BCUT2D eigenvalue weighted by Crippen LogP contribution is -2.34. The lowest BCUT2D eigenvalue weighted by Gasteiger charge is -2.28. The van der Waals surface area contributed by atoms with Crippen LogP contribution in [-0.2, 0) is 4.79 Å². The van der Waals surface area contributed by atoms with E-state index in [1.54, 1.807) is 6.92 Å². The van der Waals surface area contributed by atoms with Gasteiger partial charge in [-0.1, -0.05) is 0 Å². The van der Waals surface area contributed by atoms with Crippen LogP contribution >= 0.6 is 0 Å². The van der Waals surface area contributed by atoms with E-state index in [0.29, 0.717) is 17.9 Å². The van der Waals surface area contributed by atoms with Gasteiger partial charge in [0.05, 0.1) is 11.3 Å². The predicted octanol–water partition coefficient (Wildman–Crippen LogP) is 1.99. The smallest absolute Gasteiger partial charge is 0.305 e. The fraction of sp³-hybridized carbons (Fsp3) is 0.500. The van der Waals surface area contributed by atoms with E-state index in [1.165, 1.54) is 12.3 Å². The molecular formula is C12H17N3O4. The Hall–Kier alpha value is -2.18. The van der Waals surface area contributed by atoms with E-state index in [9.17, 15) is 14.9 Å². The molecule has 0 saturated carbocycles. The number of aromatic nitrogens is 1. The third-order valence-electron chi connectivity index (χ3n) is 2.71. The second-order valence-corrected chi connectivity index (χ2v) is 4.52. The van der Waals surface area contributed by atoms with Gasteiger partial charge in [0.2, 0.25) is 0 Å². The summed E-state index contributed by atoms with van der Waals surface area (Å²) >= 11 is 0. The van der Waals surface area contributed by atoms with E-state index in [2.05, 4.69) is 4.98 Å². The Labute approximate surface area is 111 Å². The highest BCUT2D eigenvalue weighted by Crippen LogP contribution is 2.23. The maximum Gasteiger partial charge on any atom is 0.305 e. The summed E-state index contributed by atoms with van der Waals surface area (Å²) < 4.78 is 0. The van der Waals surface area contributed by atoms with Gasteiger partial charge in [0.25, 0.3) is 5.69 Å². The lowest BCUT2D eigenvalue weighted by atomic mass is 10.2. The van der Waals surface area contributed by atoms with Gasteiger partial charge >= 0.3 is 5.97 Å². The van der Waals surface area contributed by atoms with Gasteiger partial charge in [-0.2, -0.15) is 0 Å². The molecule has 0 radical (unpaired) electrons. The number of aryl methyl sites for hydroxylation is 1. The molecule has 0 aliphatic rings. The minimum atomic E-state index is -0.884. The molecule has 1 heterocycles. The monoisotopic (exact) mass is 267 g/mol. The van der Waals surface area contributed by atoms with Crippen LogP contribution in [-0.4, -0.2) is 33.6 Å². The Balaban J connectivity index is 3.02. The molecule has 1 rings (SSSR count). The Morgan fingerprint density at radius 2 is 2.21 bits per heavy atom. The van der Waals surface area contributed by atoms with Crippen LogP contribution < -0.4 is 4.90 Å². The van der Waals surface area contributed by atoms with Crippen molar-refractivity contribution in [3.8, 4) is 0 Å². The highest BCUT2D eigenvalue weighted by atomic mass is 16.6. The van der Waals surface area contributed by atoms with Crippen molar-refractivity contribution in [2.24, 2.45) is 0 Å². The fourth-order valence-corrected chi connectivity index (χ4v) is 1.78. The number of hydrogen-bond donors (Lipinski definition) is 1. The molecule has 104 valence electrons. The molecule has 7 heteroatoms. The quantitative estimate of drug-likeness (QED) is 0.625. The second-order valence-electron chi connectivity index (χ2n) is 4.52. The van der Waals surface area contributed by atoms with Crippen LogP contribution in [0.2, 0.25) is 0 Å². The van der Waals surface area contributed by atoms with Crippen LogP contribution in [0.15, 0.2) is 12.3 Å². The van der Waals surface area contributed by atoms with Crippen molar-refractivity contribution < 1.29 is 14.8 Å². The molecule has 0 saturated heterocycles. The van der Waals surface area contributed by atoms with Crippen molar-refractivity contribution in [3.63, 3.8) is 0 Å². The number of pyridine rings is 1. The van der Waals surface area contributed by atoms with E-state index >= 15 is 0 Å². The highest BCUT2D eigenvalue weighted by Gasteiger charge is 2.18. The van der Waals surface area contributed by atoms with E-state index in [4.69, 9.17) is 5.11 Å². The molecule has 1 aromatic heterocycles. The summed E-state index contributed by atoms with van der Waals surface area (Å²) in [6.45, 7) is 5.89. The van der Waals surface area contributed by atoms with Gasteiger partial charge in [0.1, 0.15) is 12.0 Å². The molecule has 0 unspecified atom stereocenters. The molecular weight excluding hydrogens is 250 g/mol. The minimum absolute atomic E-state index is 0.00368. The molecule has 1 N–H and O–H groups in total. The molecule has 0 bridgehead atoms. The number of nitrogens with zero attached hydrogens (tertiary/aromatic N) is 3. The number of carbonyl (C=O) groups is 1. The summed E-state index contributed by atoms with van der Waals surface area (Å²) in [5.41, 5.74) is 0.594. The Bertz CT molecular complexity index is 488. The van der Waals surface area contributed by atoms with Crippen LogP contribution in [0.3, 0.4) is 0 Å². The molecule has 1 aromatic rings. The molecule has 7 nitrogen and oxygen atoms in total. The van der Waals surface area contributed by atoms with Gasteiger partial charge in [-0.05, 0) is 26.3 Å². The van der Waals surface area contributed by atoms with E-state index in [-0.39, 0.29) is 18.2 Å². The summed E-state index contributed by atoms with van der Waals surface area (Å²) in [4.78, 5) is 26.7. The van der Waals surface area contributed by atoms with Gasteiger partial charge in [-0.3, -0.25) is 14.9 Å². The van der Waals surface area contributed by atoms with Crippen LogP contribution in [0.4, 0.5) is 11.5 Å². The van der Waals surface area contributed by atoms with E-state index in [1.807, 2.05) is 18.7 Å². The Morgan fingerprint density at radius 3 is 2.63 bits per heavy atom. The van der Waals surface area contributed by atoms with Crippen molar-refractivity contribution >= 4 is 17.5 Å². The minimum Gasteiger partial charge on any atom is -0.481 e. The summed E-state index contributed by atoms with van der Waals surface area (Å²) in [6, 6.07) is 1.50. The van der Waals surface area contributed by atoms with Crippen molar-refractivity contribution in [1.82, 2.24) is 4.98 Å². The molecule has 0 atom stereocenters. The van der Waals surface area contributed by atoms with Crippen LogP contribution in [0.1, 0.15) is 25.8 Å². The maximum atomic E-state index is 10.7. The molecule has 0 aromatic carbocycles. The van der Waals surface area contributed by atoms with Crippen LogP contribution in [0.25, 0.3) is 0 Å². The zero-order valence-electron chi connectivity index (χ0n) is 11.2. The summed E-state index contributed by atoms with van der Waals surface area (Å²) in [5.74, 6) is -0.299. The molecule has 0 spiro atoms. The van der Waals surface area contributed by atoms with Crippen molar-refractivity contribution in [2.75, 3.05) is 11.4 Å². The maximum absolute atomic E-state index is 10.7. The van der Waals surface area contributed by atoms with Gasteiger partial charge in [0, 0.05) is 18.7 Å². The first-order valence-electron chi connectivity index (χ1n) is 5.92. The Morgan fingerprint density at radius 1 is 1.58 bits per heavy atom. The summed E-state index contributed by atoms with van der Waals surface area (Å²) in [6.07, 6.45) is 1.19. The van der Waals surface area contributed by atoms with Crippen LogP contribution in [0, 0.1) is 17.0 Å². The number of anilines is 1. The van der Waals surface area contributed by atoms with Gasteiger partial charge in [0.15, 0.2) is 0 Å². The van der Waals surface area contributed by atoms with Crippen molar-refractivity contribution in [1.29, 1.82) is 0 Å². The topological polar surface area (TPSA) is 96.6 Å². The average Bonchev–Trinajstić information content (AvgIpc) is 2.30. The number of nitro groups is 1. The number of hydrogen-bond acceptors (Lipinski definition) is 5. The van der Waals surface area contributed by atoms with E-state index in [0.717, 1.165) is 0 Å². The zero-order valence-corrected chi connectivity index (χ0v) is 11.2. The predicted molar refractivity (Wildman–Crippen MR) is 70.4 cm³/mol. The van der Waals surface area contributed by atoms with Gasteiger partial charge in [-0.25, -0.2) is 4.98 Å². The highest BCUT2D eigenvalue weighted by molar-refractivity contribution is 5.67. The fourth-order valence-electron chi connectivity index (χ4n) is 1.78. The zero-order chi connectivity index (χ0) is 14.6. The third-order valence-corrected chi connectivity index (χ3v) is 2.71.